The maximum atomic E-state index is 13.4. The average molecular weight is 261 g/mol. The van der Waals surface area contributed by atoms with Crippen LogP contribution in [0.25, 0.3) is 0 Å². The molecule has 3 N–H and O–H groups in total. The minimum absolute atomic E-state index is 0.0592. The zero-order valence-corrected chi connectivity index (χ0v) is 9.87. The Morgan fingerprint density at radius 2 is 2.12 bits per heavy atom. The molecule has 5 nitrogen and oxygen atoms in total. The monoisotopic (exact) mass is 261 g/mol. The number of sulfone groups is 1. The lowest BCUT2D eigenvalue weighted by Crippen LogP contribution is -2.32. The molecule has 0 saturated heterocycles. The van der Waals surface area contributed by atoms with E-state index in [2.05, 4.69) is 0 Å². The number of halogens is 1. The largest absolute Gasteiger partial charge is 0.480 e. The fraction of sp³-hybridized carbons (Fsp3) is 0.300. The van der Waals surface area contributed by atoms with Crippen molar-refractivity contribution in [3.05, 3.63) is 29.6 Å². The number of carboxylic acids is 1. The quantitative estimate of drug-likeness (QED) is 0.806. The van der Waals surface area contributed by atoms with Crippen LogP contribution in [0.5, 0.6) is 0 Å². The van der Waals surface area contributed by atoms with Crippen LogP contribution in [0.15, 0.2) is 23.1 Å². The Morgan fingerprint density at radius 1 is 1.53 bits per heavy atom. The molecular weight excluding hydrogens is 249 g/mol. The van der Waals surface area contributed by atoms with E-state index in [9.17, 15) is 17.6 Å². The summed E-state index contributed by atoms with van der Waals surface area (Å²) in [4.78, 5) is 10.1. The van der Waals surface area contributed by atoms with Crippen LogP contribution in [0, 0.1) is 5.82 Å². The number of benzene rings is 1. The van der Waals surface area contributed by atoms with E-state index < -0.39 is 32.6 Å². The van der Waals surface area contributed by atoms with Crippen molar-refractivity contribution < 1.29 is 22.7 Å². The predicted molar refractivity (Wildman–Crippen MR) is 58.8 cm³/mol. The smallest absolute Gasteiger partial charge is 0.320 e. The first-order valence-corrected chi connectivity index (χ1v) is 6.58. The number of hydrogen-bond acceptors (Lipinski definition) is 4. The van der Waals surface area contributed by atoms with Gasteiger partial charge in [0.15, 0.2) is 9.84 Å². The summed E-state index contributed by atoms with van der Waals surface area (Å²) in [6, 6.07) is 2.30. The van der Waals surface area contributed by atoms with Gasteiger partial charge in [-0.1, -0.05) is 6.07 Å². The minimum atomic E-state index is -3.62. The highest BCUT2D eigenvalue weighted by atomic mass is 32.2. The molecule has 0 aromatic heterocycles. The second-order valence-electron chi connectivity index (χ2n) is 3.69. The van der Waals surface area contributed by atoms with Crippen molar-refractivity contribution in [3.8, 4) is 0 Å². The van der Waals surface area contributed by atoms with Crippen molar-refractivity contribution in [3.63, 3.8) is 0 Å². The second-order valence-corrected chi connectivity index (χ2v) is 5.67. The molecule has 0 spiro atoms. The molecule has 1 aromatic carbocycles. The zero-order valence-electron chi connectivity index (χ0n) is 9.05. The molecule has 1 rings (SSSR count). The summed E-state index contributed by atoms with van der Waals surface area (Å²) in [5, 5.41) is 8.58. The molecule has 7 heteroatoms. The van der Waals surface area contributed by atoms with Gasteiger partial charge in [0.25, 0.3) is 0 Å². The Hall–Kier alpha value is -1.47. The van der Waals surface area contributed by atoms with Gasteiger partial charge in [-0.3, -0.25) is 4.79 Å². The first kappa shape index (κ1) is 13.6. The van der Waals surface area contributed by atoms with Crippen molar-refractivity contribution >= 4 is 15.8 Å². The highest BCUT2D eigenvalue weighted by Crippen LogP contribution is 2.16. The predicted octanol–water partition coefficient (Wildman–Crippen LogP) is 0.184. The Bertz CT molecular complexity index is 541. The van der Waals surface area contributed by atoms with Gasteiger partial charge in [-0.2, -0.15) is 0 Å². The standard InChI is InChI=1S/C10H12FNO4S/c1-17(15,16)9-3-2-6(4-7(9)11)5-8(12)10(13)14/h2-4,8H,5,12H2,1H3,(H,13,14). The number of carbonyl (C=O) groups is 1. The summed E-state index contributed by atoms with van der Waals surface area (Å²) in [5.74, 6) is -2.10. The Morgan fingerprint density at radius 3 is 2.53 bits per heavy atom. The van der Waals surface area contributed by atoms with Crippen LogP contribution in [0.4, 0.5) is 4.39 Å². The second kappa shape index (κ2) is 4.80. The lowest BCUT2D eigenvalue weighted by atomic mass is 10.1. The molecule has 1 unspecified atom stereocenters. The maximum absolute atomic E-state index is 13.4. The van der Waals surface area contributed by atoms with Gasteiger partial charge in [-0.05, 0) is 24.1 Å². The van der Waals surface area contributed by atoms with E-state index in [0.29, 0.717) is 5.56 Å². The molecule has 0 bridgehead atoms. The SMILES string of the molecule is CS(=O)(=O)c1ccc(CC(N)C(=O)O)cc1F. The summed E-state index contributed by atoms with van der Waals surface area (Å²) < 4.78 is 35.7. The fourth-order valence-electron chi connectivity index (χ4n) is 1.31. The van der Waals surface area contributed by atoms with Crippen molar-refractivity contribution in [2.75, 3.05) is 6.26 Å². The molecule has 0 aliphatic heterocycles. The summed E-state index contributed by atoms with van der Waals surface area (Å²) in [7, 11) is -3.62. The van der Waals surface area contributed by atoms with Gasteiger partial charge in [0.2, 0.25) is 0 Å². The van der Waals surface area contributed by atoms with E-state index >= 15 is 0 Å². The molecule has 0 aliphatic carbocycles. The first-order valence-electron chi connectivity index (χ1n) is 4.68. The molecular formula is C10H12FNO4S. The third kappa shape index (κ3) is 3.50. The summed E-state index contributed by atoms with van der Waals surface area (Å²) in [6.45, 7) is 0. The third-order valence-corrected chi connectivity index (χ3v) is 3.30. The van der Waals surface area contributed by atoms with Crippen LogP contribution >= 0.6 is 0 Å². The normalized spacial score (nSPS) is 13.4. The van der Waals surface area contributed by atoms with Gasteiger partial charge in [-0.15, -0.1) is 0 Å². The van der Waals surface area contributed by atoms with Crippen molar-refractivity contribution in [1.29, 1.82) is 0 Å². The number of carboxylic acid groups (broad SMARTS) is 1. The molecule has 0 amide bonds. The Balaban J connectivity index is 3.02. The van der Waals surface area contributed by atoms with Crippen molar-refractivity contribution in [2.45, 2.75) is 17.4 Å². The van der Waals surface area contributed by atoms with Crippen molar-refractivity contribution in [2.24, 2.45) is 5.73 Å². The van der Waals surface area contributed by atoms with Gasteiger partial charge in [0, 0.05) is 6.26 Å². The lowest BCUT2D eigenvalue weighted by molar-refractivity contribution is -0.138. The molecule has 94 valence electrons. The fourth-order valence-corrected chi connectivity index (χ4v) is 2.04. The highest BCUT2D eigenvalue weighted by molar-refractivity contribution is 7.90. The van der Waals surface area contributed by atoms with Crippen LogP contribution in [0.2, 0.25) is 0 Å². The third-order valence-electron chi connectivity index (χ3n) is 2.17. The number of nitrogens with two attached hydrogens (primary N) is 1. The topological polar surface area (TPSA) is 97.5 Å². The van der Waals surface area contributed by atoms with Crippen LogP contribution in [-0.2, 0) is 21.1 Å². The van der Waals surface area contributed by atoms with E-state index in [0.717, 1.165) is 18.4 Å². The average Bonchev–Trinajstić information content (AvgIpc) is 2.15. The molecule has 0 aliphatic rings. The van der Waals surface area contributed by atoms with E-state index in [4.69, 9.17) is 10.8 Å². The Labute approximate surface area is 98.0 Å². The number of aliphatic carboxylic acids is 1. The first-order chi connectivity index (χ1) is 7.71. The molecule has 17 heavy (non-hydrogen) atoms. The van der Waals surface area contributed by atoms with Crippen LogP contribution in [0.1, 0.15) is 5.56 Å². The van der Waals surface area contributed by atoms with E-state index in [1.165, 1.54) is 6.07 Å². The maximum Gasteiger partial charge on any atom is 0.320 e. The van der Waals surface area contributed by atoms with Crippen LogP contribution in [-0.4, -0.2) is 31.8 Å². The molecule has 0 saturated carbocycles. The Kier molecular flexibility index (Phi) is 3.84. The molecule has 1 atom stereocenters. The molecule has 0 fully saturated rings. The van der Waals surface area contributed by atoms with Gasteiger partial charge >= 0.3 is 5.97 Å². The molecule has 1 aromatic rings. The summed E-state index contributed by atoms with van der Waals surface area (Å²) in [5.41, 5.74) is 5.62. The zero-order chi connectivity index (χ0) is 13.2. The number of rotatable bonds is 4. The van der Waals surface area contributed by atoms with E-state index in [-0.39, 0.29) is 6.42 Å². The summed E-state index contributed by atoms with van der Waals surface area (Å²) >= 11 is 0. The van der Waals surface area contributed by atoms with Gasteiger partial charge < -0.3 is 10.8 Å². The van der Waals surface area contributed by atoms with E-state index in [1.807, 2.05) is 0 Å². The molecule has 0 radical (unpaired) electrons. The van der Waals surface area contributed by atoms with E-state index in [1.54, 1.807) is 0 Å². The van der Waals surface area contributed by atoms with Crippen LogP contribution < -0.4 is 5.73 Å². The molecule has 0 heterocycles. The van der Waals surface area contributed by atoms with Crippen LogP contribution in [0.3, 0.4) is 0 Å². The van der Waals surface area contributed by atoms with Gasteiger partial charge in [0.05, 0.1) is 0 Å². The minimum Gasteiger partial charge on any atom is -0.480 e. The summed E-state index contributed by atoms with van der Waals surface area (Å²) in [6.07, 6.45) is 0.838. The highest BCUT2D eigenvalue weighted by Gasteiger charge is 2.16. The van der Waals surface area contributed by atoms with Gasteiger partial charge in [-0.25, -0.2) is 12.8 Å². The lowest BCUT2D eigenvalue weighted by Gasteiger charge is -2.07. The van der Waals surface area contributed by atoms with Crippen molar-refractivity contribution in [1.82, 2.24) is 0 Å². The van der Waals surface area contributed by atoms with Gasteiger partial charge in [0.1, 0.15) is 16.8 Å². The number of hydrogen-bond donors (Lipinski definition) is 2.